The second-order valence-electron chi connectivity index (χ2n) is 3.78. The van der Waals surface area contributed by atoms with Gasteiger partial charge in [-0.25, -0.2) is 0 Å². The van der Waals surface area contributed by atoms with Crippen molar-refractivity contribution < 1.29 is 5.11 Å². The highest BCUT2D eigenvalue weighted by molar-refractivity contribution is 9.10. The molecule has 1 N–H and O–H groups in total. The maximum Gasteiger partial charge on any atom is 0.115 e. The van der Waals surface area contributed by atoms with Crippen LogP contribution in [0, 0.1) is 0 Å². The largest absolute Gasteiger partial charge is 0.508 e. The lowest BCUT2D eigenvalue weighted by Gasteiger charge is -2.21. The highest BCUT2D eigenvalue weighted by atomic mass is 79.9. The molecular formula is C11H16BrNO. The molecule has 0 amide bonds. The third-order valence-corrected chi connectivity index (χ3v) is 3.10. The average Bonchev–Trinajstić information content (AvgIpc) is 2.11. The van der Waals surface area contributed by atoms with Crippen LogP contribution in [-0.2, 0) is 6.54 Å². The van der Waals surface area contributed by atoms with Gasteiger partial charge >= 0.3 is 0 Å². The SMILES string of the molecule is CC(C)N(C)Cc1cc(O)ccc1Br. The summed E-state index contributed by atoms with van der Waals surface area (Å²) in [5.74, 6) is 0.320. The summed E-state index contributed by atoms with van der Waals surface area (Å²) in [4.78, 5) is 2.22. The molecule has 0 aromatic heterocycles. The zero-order chi connectivity index (χ0) is 10.7. The Morgan fingerprint density at radius 3 is 2.64 bits per heavy atom. The Hall–Kier alpha value is -0.540. The Labute approximate surface area is 93.7 Å². The number of phenolic OH excluding ortho intramolecular Hbond substituents is 1. The summed E-state index contributed by atoms with van der Waals surface area (Å²) in [5, 5.41) is 9.35. The zero-order valence-electron chi connectivity index (χ0n) is 8.79. The van der Waals surface area contributed by atoms with Crippen LogP contribution >= 0.6 is 15.9 Å². The highest BCUT2D eigenvalue weighted by Crippen LogP contribution is 2.23. The van der Waals surface area contributed by atoms with E-state index in [1.807, 2.05) is 6.07 Å². The molecule has 0 atom stereocenters. The van der Waals surface area contributed by atoms with Crippen LogP contribution < -0.4 is 0 Å². The van der Waals surface area contributed by atoms with Crippen molar-refractivity contribution in [3.63, 3.8) is 0 Å². The summed E-state index contributed by atoms with van der Waals surface area (Å²) in [5.41, 5.74) is 1.11. The van der Waals surface area contributed by atoms with Gasteiger partial charge in [0, 0.05) is 17.1 Å². The molecule has 0 bridgehead atoms. The summed E-state index contributed by atoms with van der Waals surface area (Å²) in [6, 6.07) is 5.86. The fourth-order valence-electron chi connectivity index (χ4n) is 1.13. The van der Waals surface area contributed by atoms with Crippen LogP contribution in [0.15, 0.2) is 22.7 Å². The van der Waals surface area contributed by atoms with E-state index < -0.39 is 0 Å². The van der Waals surface area contributed by atoms with Crippen molar-refractivity contribution in [2.75, 3.05) is 7.05 Å². The molecule has 0 saturated carbocycles. The first kappa shape index (κ1) is 11.5. The minimum Gasteiger partial charge on any atom is -0.508 e. The molecule has 0 aliphatic heterocycles. The minimum absolute atomic E-state index is 0.320. The van der Waals surface area contributed by atoms with E-state index in [1.54, 1.807) is 12.1 Å². The standard InChI is InChI=1S/C11H16BrNO/c1-8(2)13(3)7-9-6-10(14)4-5-11(9)12/h4-6,8,14H,7H2,1-3H3. The lowest BCUT2D eigenvalue weighted by Crippen LogP contribution is -2.25. The molecule has 1 aromatic carbocycles. The Kier molecular flexibility index (Phi) is 3.96. The number of hydrogen-bond donors (Lipinski definition) is 1. The summed E-state index contributed by atoms with van der Waals surface area (Å²) >= 11 is 3.47. The number of aromatic hydroxyl groups is 1. The molecule has 78 valence electrons. The summed E-state index contributed by atoms with van der Waals surface area (Å²) in [6.45, 7) is 5.14. The van der Waals surface area contributed by atoms with Gasteiger partial charge in [0.15, 0.2) is 0 Å². The lowest BCUT2D eigenvalue weighted by molar-refractivity contribution is 0.265. The van der Waals surface area contributed by atoms with Crippen LogP contribution in [-0.4, -0.2) is 23.1 Å². The fourth-order valence-corrected chi connectivity index (χ4v) is 1.51. The van der Waals surface area contributed by atoms with Crippen molar-refractivity contribution in [3.05, 3.63) is 28.2 Å². The van der Waals surface area contributed by atoms with E-state index in [1.165, 1.54) is 0 Å². The molecule has 1 rings (SSSR count). The number of benzene rings is 1. The van der Waals surface area contributed by atoms with Crippen LogP contribution in [0.2, 0.25) is 0 Å². The smallest absolute Gasteiger partial charge is 0.115 e. The normalized spacial score (nSPS) is 11.3. The van der Waals surface area contributed by atoms with Crippen molar-refractivity contribution >= 4 is 15.9 Å². The van der Waals surface area contributed by atoms with E-state index in [-0.39, 0.29) is 0 Å². The van der Waals surface area contributed by atoms with Crippen LogP contribution in [0.25, 0.3) is 0 Å². The van der Waals surface area contributed by atoms with Gasteiger partial charge in [-0.15, -0.1) is 0 Å². The van der Waals surface area contributed by atoms with E-state index in [2.05, 4.69) is 41.7 Å². The average molecular weight is 258 g/mol. The number of halogens is 1. The van der Waals surface area contributed by atoms with Crippen molar-refractivity contribution in [1.82, 2.24) is 4.90 Å². The van der Waals surface area contributed by atoms with Gasteiger partial charge in [0.2, 0.25) is 0 Å². The van der Waals surface area contributed by atoms with Gasteiger partial charge < -0.3 is 5.11 Å². The second-order valence-corrected chi connectivity index (χ2v) is 4.64. The molecule has 3 heteroatoms. The number of hydrogen-bond acceptors (Lipinski definition) is 2. The van der Waals surface area contributed by atoms with Gasteiger partial charge in [0.25, 0.3) is 0 Å². The van der Waals surface area contributed by atoms with E-state index in [9.17, 15) is 5.11 Å². The van der Waals surface area contributed by atoms with Crippen LogP contribution in [0.1, 0.15) is 19.4 Å². The van der Waals surface area contributed by atoms with Crippen LogP contribution in [0.3, 0.4) is 0 Å². The number of nitrogens with zero attached hydrogens (tertiary/aromatic N) is 1. The van der Waals surface area contributed by atoms with Gasteiger partial charge in [-0.05, 0) is 44.7 Å². The first-order valence-electron chi connectivity index (χ1n) is 4.68. The predicted molar refractivity (Wildman–Crippen MR) is 62.4 cm³/mol. The van der Waals surface area contributed by atoms with Gasteiger partial charge in [-0.1, -0.05) is 15.9 Å². The van der Waals surface area contributed by atoms with Crippen LogP contribution in [0.4, 0.5) is 0 Å². The minimum atomic E-state index is 0.320. The fraction of sp³-hybridized carbons (Fsp3) is 0.455. The van der Waals surface area contributed by atoms with E-state index in [0.717, 1.165) is 16.6 Å². The molecule has 0 saturated heterocycles. The Balaban J connectivity index is 2.80. The Morgan fingerprint density at radius 2 is 2.07 bits per heavy atom. The molecule has 0 fully saturated rings. The zero-order valence-corrected chi connectivity index (χ0v) is 10.4. The molecular weight excluding hydrogens is 242 g/mol. The highest BCUT2D eigenvalue weighted by Gasteiger charge is 2.07. The molecule has 14 heavy (non-hydrogen) atoms. The molecule has 0 aliphatic carbocycles. The van der Waals surface area contributed by atoms with Crippen molar-refractivity contribution in [2.45, 2.75) is 26.4 Å². The molecule has 0 heterocycles. The summed E-state index contributed by atoms with van der Waals surface area (Å²) in [6.07, 6.45) is 0. The lowest BCUT2D eigenvalue weighted by atomic mass is 10.2. The van der Waals surface area contributed by atoms with Gasteiger partial charge in [-0.2, -0.15) is 0 Å². The van der Waals surface area contributed by atoms with E-state index in [0.29, 0.717) is 11.8 Å². The molecule has 0 aliphatic rings. The summed E-state index contributed by atoms with van der Waals surface area (Å²) < 4.78 is 1.04. The number of rotatable bonds is 3. The van der Waals surface area contributed by atoms with Gasteiger partial charge in [-0.3, -0.25) is 4.90 Å². The molecule has 0 radical (unpaired) electrons. The third kappa shape index (κ3) is 3.00. The number of phenols is 1. The maximum atomic E-state index is 9.35. The van der Waals surface area contributed by atoms with Crippen LogP contribution in [0.5, 0.6) is 5.75 Å². The Morgan fingerprint density at radius 1 is 1.43 bits per heavy atom. The monoisotopic (exact) mass is 257 g/mol. The van der Waals surface area contributed by atoms with Gasteiger partial charge in [0.1, 0.15) is 5.75 Å². The Bertz CT molecular complexity index is 312. The quantitative estimate of drug-likeness (QED) is 0.900. The predicted octanol–water partition coefficient (Wildman–Crippen LogP) is 2.99. The third-order valence-electron chi connectivity index (χ3n) is 2.33. The maximum absolute atomic E-state index is 9.35. The molecule has 0 unspecified atom stereocenters. The molecule has 1 aromatic rings. The van der Waals surface area contributed by atoms with E-state index >= 15 is 0 Å². The van der Waals surface area contributed by atoms with E-state index in [4.69, 9.17) is 0 Å². The first-order chi connectivity index (χ1) is 6.50. The van der Waals surface area contributed by atoms with Crippen molar-refractivity contribution in [1.29, 1.82) is 0 Å². The molecule has 0 spiro atoms. The second kappa shape index (κ2) is 4.80. The van der Waals surface area contributed by atoms with Gasteiger partial charge in [0.05, 0.1) is 0 Å². The molecule has 2 nitrogen and oxygen atoms in total. The van der Waals surface area contributed by atoms with Crippen molar-refractivity contribution in [3.8, 4) is 5.75 Å². The van der Waals surface area contributed by atoms with Crippen molar-refractivity contribution in [2.24, 2.45) is 0 Å². The first-order valence-corrected chi connectivity index (χ1v) is 5.47. The summed E-state index contributed by atoms with van der Waals surface area (Å²) in [7, 11) is 2.07. The topological polar surface area (TPSA) is 23.5 Å².